The number of rotatable bonds is 0. The van der Waals surface area contributed by atoms with E-state index in [0.29, 0.717) is 0 Å². The Morgan fingerprint density at radius 3 is 0.625 bits per heavy atom. The molecule has 16 heavy (non-hydrogen) atoms. The Morgan fingerprint density at radius 1 is 0.562 bits per heavy atom. The Bertz CT molecular complexity index is 172. The van der Waals surface area contributed by atoms with Crippen LogP contribution in [0.2, 0.25) is 0 Å². The predicted octanol–water partition coefficient (Wildman–Crippen LogP) is -0.873. The van der Waals surface area contributed by atoms with Gasteiger partial charge in [-0.1, -0.05) is 0 Å². The van der Waals surface area contributed by atoms with Gasteiger partial charge in [0.05, 0.1) is 0 Å². The first-order chi connectivity index (χ1) is 6.81. The van der Waals surface area contributed by atoms with Crippen molar-refractivity contribution in [2.75, 3.05) is 0 Å². The number of hydrogen-bond donors (Lipinski definition) is 3. The summed E-state index contributed by atoms with van der Waals surface area (Å²) < 4.78 is 0. The van der Waals surface area contributed by atoms with Crippen LogP contribution in [0.15, 0.2) is 15.8 Å². The molecule has 0 unspecified atom stereocenters. The van der Waals surface area contributed by atoms with Gasteiger partial charge in [0, 0.05) is 0 Å². The van der Waals surface area contributed by atoms with Gasteiger partial charge in [-0.05, 0) is 15.1 Å². The second kappa shape index (κ2) is 18.6. The minimum absolute atomic E-state index is 0. The van der Waals surface area contributed by atoms with Crippen molar-refractivity contribution in [3.63, 3.8) is 0 Å². The Labute approximate surface area is 104 Å². The standard InChI is InChI=1S/Bi.3HN2O3/c;3*3-1-2(4)5/h;3*(H-,1,3,4,5)/q+3;3*-1. The normalized spacial score (nSPS) is 6.00. The molecule has 0 spiro atoms. The molecule has 92 valence electrons. The minimum Gasteiger partial charge on any atom is -0.585 e. The predicted molar refractivity (Wildman–Crippen MR) is 39.4 cm³/mol. The second-order valence-corrected chi connectivity index (χ2v) is 0.982. The molecule has 0 aromatic carbocycles. The van der Waals surface area contributed by atoms with Gasteiger partial charge in [-0.15, -0.1) is 0 Å². The Balaban J connectivity index is -0.0000000655. The number of hydrogen-bond acceptors (Lipinski definition) is 9. The SMILES string of the molecule is [Bi+3].[O-][N+]([O-])=NO.[O-][N+]([O-])=NO.[O-][N+]([O-])=NO. The average molecular weight is 440 g/mol. The molecule has 3 N–H and O–H groups in total. The molecule has 0 aliphatic rings. The van der Waals surface area contributed by atoms with E-state index in [0.717, 1.165) is 0 Å². The summed E-state index contributed by atoms with van der Waals surface area (Å²) in [6, 6.07) is 0. The van der Waals surface area contributed by atoms with Crippen LogP contribution in [0.3, 0.4) is 0 Å². The van der Waals surface area contributed by atoms with Crippen molar-refractivity contribution in [3.05, 3.63) is 31.2 Å². The molecule has 0 bridgehead atoms. The van der Waals surface area contributed by atoms with Crippen LogP contribution in [0.5, 0.6) is 0 Å². The first-order valence-corrected chi connectivity index (χ1v) is 2.30. The Morgan fingerprint density at radius 2 is 0.625 bits per heavy atom. The van der Waals surface area contributed by atoms with Gasteiger partial charge in [-0.25, -0.2) is 0 Å². The molecule has 0 heterocycles. The third-order valence-electron chi connectivity index (χ3n) is 0.219. The summed E-state index contributed by atoms with van der Waals surface area (Å²) in [5.41, 5.74) is 0. The first kappa shape index (κ1) is 23.6. The molecule has 0 aliphatic carbocycles. The maximum atomic E-state index is 8.76. The van der Waals surface area contributed by atoms with Crippen LogP contribution in [0.4, 0.5) is 0 Å². The summed E-state index contributed by atoms with van der Waals surface area (Å²) in [5.74, 6) is 0. The van der Waals surface area contributed by atoms with E-state index in [1.807, 2.05) is 0 Å². The smallest absolute Gasteiger partial charge is 0.585 e. The van der Waals surface area contributed by atoms with Crippen molar-refractivity contribution in [2.45, 2.75) is 0 Å². The fourth-order valence-electron chi connectivity index (χ4n) is 0. The maximum Gasteiger partial charge on any atom is 3.00 e. The third kappa shape index (κ3) is 93.3. The van der Waals surface area contributed by atoms with Crippen LogP contribution in [-0.2, 0) is 0 Å². The number of nitrogens with zero attached hydrogens (tertiary/aromatic N) is 6. The van der Waals surface area contributed by atoms with E-state index in [4.69, 9.17) is 46.9 Å². The molecule has 2 radical (unpaired) electrons. The summed E-state index contributed by atoms with van der Waals surface area (Å²) in [7, 11) is 0. The van der Waals surface area contributed by atoms with E-state index in [-0.39, 0.29) is 26.2 Å². The molecular weight excluding hydrogens is 437 g/mol. The van der Waals surface area contributed by atoms with Crippen LogP contribution in [0, 0.1) is 31.2 Å². The molecule has 0 saturated carbocycles. The molecular formula is H3BiN6O9. The van der Waals surface area contributed by atoms with Gasteiger partial charge < -0.3 is 46.9 Å². The fraction of sp³-hybridized carbons (Fsp3) is 0. The minimum atomic E-state index is -1.19. The monoisotopic (exact) mass is 440 g/mol. The molecule has 0 aromatic rings. The van der Waals surface area contributed by atoms with Gasteiger partial charge >= 0.3 is 26.2 Å². The Kier molecular flexibility index (Phi) is 27.5. The molecule has 0 atom stereocenters. The quantitative estimate of drug-likeness (QED) is 0.240. The summed E-state index contributed by atoms with van der Waals surface area (Å²) in [4.78, 5) is 0. The van der Waals surface area contributed by atoms with Crippen LogP contribution in [0.25, 0.3) is 0 Å². The third-order valence-corrected chi connectivity index (χ3v) is 0.219. The first-order valence-electron chi connectivity index (χ1n) is 2.30. The van der Waals surface area contributed by atoms with Crippen molar-refractivity contribution in [3.8, 4) is 0 Å². The van der Waals surface area contributed by atoms with Crippen molar-refractivity contribution in [1.29, 1.82) is 0 Å². The maximum absolute atomic E-state index is 8.76. The van der Waals surface area contributed by atoms with Crippen LogP contribution in [0.1, 0.15) is 0 Å². The summed E-state index contributed by atoms with van der Waals surface area (Å²) in [6.07, 6.45) is 0. The van der Waals surface area contributed by atoms with E-state index in [1.165, 1.54) is 0 Å². The Hall–Kier alpha value is -2.12. The zero-order chi connectivity index (χ0) is 12.9. The molecule has 0 aliphatic heterocycles. The molecule has 0 fully saturated rings. The van der Waals surface area contributed by atoms with E-state index in [2.05, 4.69) is 0 Å². The molecule has 0 amide bonds. The van der Waals surface area contributed by atoms with Crippen LogP contribution < -0.4 is 0 Å². The zero-order valence-corrected chi connectivity index (χ0v) is 10.4. The fourth-order valence-corrected chi connectivity index (χ4v) is 0. The van der Waals surface area contributed by atoms with Crippen LogP contribution in [-0.4, -0.2) is 56.9 Å². The van der Waals surface area contributed by atoms with E-state index >= 15 is 0 Å². The van der Waals surface area contributed by atoms with Crippen molar-refractivity contribution in [2.24, 2.45) is 15.8 Å². The molecule has 0 rings (SSSR count). The van der Waals surface area contributed by atoms with Gasteiger partial charge in [0.25, 0.3) is 0 Å². The van der Waals surface area contributed by atoms with Crippen molar-refractivity contribution < 1.29 is 30.7 Å². The van der Waals surface area contributed by atoms with E-state index in [1.54, 1.807) is 15.8 Å². The second-order valence-electron chi connectivity index (χ2n) is 0.982. The van der Waals surface area contributed by atoms with E-state index in [9.17, 15) is 0 Å². The summed E-state index contributed by atoms with van der Waals surface area (Å²) in [5, 5.41) is 75.0. The van der Waals surface area contributed by atoms with Gasteiger partial charge in [0.15, 0.2) is 0 Å². The van der Waals surface area contributed by atoms with Gasteiger partial charge in [0.2, 0.25) is 15.8 Å². The molecule has 0 saturated heterocycles. The zero-order valence-electron chi connectivity index (χ0n) is 6.92. The van der Waals surface area contributed by atoms with Gasteiger partial charge in [0.1, 0.15) is 0 Å². The molecule has 15 nitrogen and oxygen atoms in total. The summed E-state index contributed by atoms with van der Waals surface area (Å²) in [6.45, 7) is 0. The molecule has 16 heteroatoms. The van der Waals surface area contributed by atoms with Crippen LogP contribution >= 0.6 is 0 Å². The van der Waals surface area contributed by atoms with Crippen molar-refractivity contribution in [1.82, 2.24) is 0 Å². The topological polar surface area (TPSA) is 245 Å². The van der Waals surface area contributed by atoms with Gasteiger partial charge in [-0.3, -0.25) is 0 Å². The molecule has 0 aromatic heterocycles. The largest absolute Gasteiger partial charge is 3.00 e. The van der Waals surface area contributed by atoms with Gasteiger partial charge in [-0.2, -0.15) is 0 Å². The average Bonchev–Trinajstić information content (AvgIpc) is 2.19. The van der Waals surface area contributed by atoms with E-state index < -0.39 is 15.1 Å². The summed E-state index contributed by atoms with van der Waals surface area (Å²) >= 11 is 0. The van der Waals surface area contributed by atoms with Crippen molar-refractivity contribution >= 4 is 26.2 Å².